The monoisotopic (exact) mass is 478 g/mol. The van der Waals surface area contributed by atoms with Gasteiger partial charge in [-0.25, -0.2) is 9.18 Å². The molecule has 1 heterocycles. The number of carbonyl (C=O) groups excluding carboxylic acids is 3. The lowest BCUT2D eigenvalue weighted by Crippen LogP contribution is -2.60. The van der Waals surface area contributed by atoms with Gasteiger partial charge in [-0.05, 0) is 23.1 Å². The van der Waals surface area contributed by atoms with Crippen molar-refractivity contribution in [2.45, 2.75) is 11.5 Å². The zero-order valence-electron chi connectivity index (χ0n) is 18.6. The van der Waals surface area contributed by atoms with Crippen LogP contribution in [0.25, 0.3) is 10.8 Å². The van der Waals surface area contributed by atoms with Gasteiger partial charge in [-0.2, -0.15) is 0 Å². The number of nitrogens with two attached hydrogens (primary N) is 1. The van der Waals surface area contributed by atoms with E-state index in [1.807, 2.05) is 36.4 Å². The molecule has 3 aromatic carbocycles. The second kappa shape index (κ2) is 9.63. The number of ketones is 1. The number of aldehydes is 1. The van der Waals surface area contributed by atoms with Crippen molar-refractivity contribution >= 4 is 40.4 Å². The zero-order valence-corrected chi connectivity index (χ0v) is 18.6. The Balaban J connectivity index is 1.64. The fraction of sp³-hybridized carbons (Fsp3) is 0.231. The maximum Gasteiger partial charge on any atom is 0.331 e. The first-order valence-corrected chi connectivity index (χ1v) is 10.9. The van der Waals surface area contributed by atoms with Crippen molar-refractivity contribution in [3.8, 4) is 5.75 Å². The third-order valence-corrected chi connectivity index (χ3v) is 6.37. The van der Waals surface area contributed by atoms with Crippen LogP contribution in [0, 0.1) is 5.92 Å². The largest absolute Gasteiger partial charge is 0.483 e. The Bertz CT molecular complexity index is 1310. The van der Waals surface area contributed by atoms with E-state index in [0.717, 1.165) is 10.8 Å². The van der Waals surface area contributed by atoms with E-state index < -0.39 is 41.7 Å². The molecule has 0 aliphatic carbocycles. The molecule has 1 amide bonds. The molecule has 0 saturated heterocycles. The molecule has 9 heteroatoms. The van der Waals surface area contributed by atoms with Crippen LogP contribution >= 0.6 is 0 Å². The summed E-state index contributed by atoms with van der Waals surface area (Å²) in [5.41, 5.74) is 4.01. The number of hydrogen-bond acceptors (Lipinski definition) is 6. The summed E-state index contributed by atoms with van der Waals surface area (Å²) < 4.78 is 19.3. The molecular formula is C26H23FN2O6. The molecule has 35 heavy (non-hydrogen) atoms. The predicted molar refractivity (Wildman–Crippen MR) is 126 cm³/mol. The first-order valence-electron chi connectivity index (χ1n) is 10.9. The number of aliphatic carboxylic acids is 1. The number of rotatable bonds is 9. The van der Waals surface area contributed by atoms with Gasteiger partial charge in [0.05, 0.1) is 5.92 Å². The highest BCUT2D eigenvalue weighted by Crippen LogP contribution is 2.43. The van der Waals surface area contributed by atoms with Gasteiger partial charge < -0.3 is 25.3 Å². The highest BCUT2D eigenvalue weighted by molar-refractivity contribution is 6.05. The van der Waals surface area contributed by atoms with E-state index in [4.69, 9.17) is 10.5 Å². The van der Waals surface area contributed by atoms with Crippen molar-refractivity contribution in [1.29, 1.82) is 0 Å². The molecule has 0 bridgehead atoms. The number of Topliss-reactive ketones (excluding diaryl/α,β-unsaturated/α-hetero) is 1. The van der Waals surface area contributed by atoms with Crippen molar-refractivity contribution in [3.63, 3.8) is 0 Å². The standard InChI is InChI=1S/C26H23FN2O6/c27-12-21(31)24(26(28,15-30)25(33)34)19-13-29(20-10-4-3-9-18(19)20)23(32)14-35-22-11-5-7-16-6-1-2-8-17(16)22/h1-11,15,19,24H,12-14,28H2,(H,33,34)/t19?,24?,26-/m1/s1. The lowest BCUT2D eigenvalue weighted by molar-refractivity contribution is -0.151. The second-order valence-electron chi connectivity index (χ2n) is 8.37. The van der Waals surface area contributed by atoms with Crippen molar-refractivity contribution in [3.05, 3.63) is 72.3 Å². The van der Waals surface area contributed by atoms with E-state index in [-0.39, 0.29) is 19.4 Å². The van der Waals surface area contributed by atoms with Crippen LogP contribution in [0.4, 0.5) is 10.1 Å². The fourth-order valence-corrected chi connectivity index (χ4v) is 4.66. The number of carboxylic acids is 1. The Labute approximate surface area is 200 Å². The summed E-state index contributed by atoms with van der Waals surface area (Å²) in [5.74, 6) is -5.52. The number of amides is 1. The predicted octanol–water partition coefficient (Wildman–Crippen LogP) is 2.48. The Morgan fingerprint density at radius 2 is 1.80 bits per heavy atom. The molecule has 180 valence electrons. The number of ether oxygens (including phenoxy) is 1. The number of carboxylic acid groups (broad SMARTS) is 1. The van der Waals surface area contributed by atoms with E-state index in [0.29, 0.717) is 17.0 Å². The van der Waals surface area contributed by atoms with Crippen LogP contribution in [0.2, 0.25) is 0 Å². The second-order valence-corrected chi connectivity index (χ2v) is 8.37. The molecule has 8 nitrogen and oxygen atoms in total. The van der Waals surface area contributed by atoms with Crippen LogP contribution in [-0.4, -0.2) is 54.4 Å². The fourth-order valence-electron chi connectivity index (χ4n) is 4.66. The molecule has 0 fully saturated rings. The van der Waals surface area contributed by atoms with Crippen molar-refractivity contribution in [2.75, 3.05) is 24.7 Å². The van der Waals surface area contributed by atoms with Crippen molar-refractivity contribution in [2.24, 2.45) is 11.7 Å². The smallest absolute Gasteiger partial charge is 0.331 e. The Morgan fingerprint density at radius 1 is 1.11 bits per heavy atom. The van der Waals surface area contributed by atoms with Crippen molar-refractivity contribution in [1.82, 2.24) is 0 Å². The van der Waals surface area contributed by atoms with E-state index in [9.17, 15) is 28.7 Å². The van der Waals surface area contributed by atoms with Gasteiger partial charge in [-0.15, -0.1) is 0 Å². The van der Waals surface area contributed by atoms with E-state index in [1.54, 1.807) is 30.3 Å². The lowest BCUT2D eigenvalue weighted by atomic mass is 9.72. The number of benzene rings is 3. The van der Waals surface area contributed by atoms with Crippen LogP contribution in [0.1, 0.15) is 11.5 Å². The summed E-state index contributed by atoms with van der Waals surface area (Å²) in [6.45, 7) is -1.99. The van der Waals surface area contributed by atoms with E-state index in [2.05, 4.69) is 0 Å². The summed E-state index contributed by atoms with van der Waals surface area (Å²) in [6.07, 6.45) is -0.0513. The van der Waals surface area contributed by atoms with E-state index in [1.165, 1.54) is 4.90 Å². The van der Waals surface area contributed by atoms with Crippen LogP contribution in [0.15, 0.2) is 66.7 Å². The number of para-hydroxylation sites is 1. The molecule has 2 unspecified atom stereocenters. The van der Waals surface area contributed by atoms with Gasteiger partial charge >= 0.3 is 5.97 Å². The third kappa shape index (κ3) is 4.26. The Morgan fingerprint density at radius 3 is 2.51 bits per heavy atom. The van der Waals surface area contributed by atoms with Gasteiger partial charge in [0.15, 0.2) is 24.2 Å². The van der Waals surface area contributed by atoms with Gasteiger partial charge in [0.25, 0.3) is 5.91 Å². The summed E-state index contributed by atoms with van der Waals surface area (Å²) in [5, 5.41) is 11.4. The van der Waals surface area contributed by atoms with Crippen LogP contribution in [0.3, 0.4) is 0 Å². The number of hydrogen-bond donors (Lipinski definition) is 2. The molecule has 0 spiro atoms. The minimum absolute atomic E-state index is 0.0513. The first-order chi connectivity index (χ1) is 16.8. The molecule has 0 aromatic heterocycles. The molecule has 0 radical (unpaired) electrons. The maximum atomic E-state index is 13.5. The minimum atomic E-state index is -2.65. The molecule has 3 aromatic rings. The van der Waals surface area contributed by atoms with E-state index >= 15 is 0 Å². The number of nitrogens with zero attached hydrogens (tertiary/aromatic N) is 1. The highest BCUT2D eigenvalue weighted by Gasteiger charge is 2.53. The van der Waals surface area contributed by atoms with Gasteiger partial charge in [0.2, 0.25) is 0 Å². The normalized spacial score (nSPS) is 17.3. The van der Waals surface area contributed by atoms with Gasteiger partial charge in [0, 0.05) is 23.5 Å². The Hall–Kier alpha value is -4.11. The minimum Gasteiger partial charge on any atom is -0.483 e. The average Bonchev–Trinajstić information content (AvgIpc) is 3.26. The quantitative estimate of drug-likeness (QED) is 0.357. The molecule has 3 atom stereocenters. The lowest BCUT2D eigenvalue weighted by Gasteiger charge is -2.32. The topological polar surface area (TPSA) is 127 Å². The number of carbonyl (C=O) groups is 4. The maximum absolute atomic E-state index is 13.5. The van der Waals surface area contributed by atoms with Crippen LogP contribution in [0.5, 0.6) is 5.75 Å². The zero-order chi connectivity index (χ0) is 25.2. The SMILES string of the molecule is N[C@@](C=O)(C(=O)O)C(C(=O)CF)C1CN(C(=O)COc2cccc3ccccc23)c2ccccc21. The molecule has 4 rings (SSSR count). The molecule has 1 aliphatic rings. The highest BCUT2D eigenvalue weighted by atomic mass is 19.1. The van der Waals surface area contributed by atoms with Crippen LogP contribution in [-0.2, 0) is 19.2 Å². The average molecular weight is 478 g/mol. The summed E-state index contributed by atoms with van der Waals surface area (Å²) in [7, 11) is 0. The first kappa shape index (κ1) is 24.0. The van der Waals surface area contributed by atoms with Gasteiger partial charge in [-0.1, -0.05) is 54.6 Å². The number of alkyl halides is 1. The summed E-state index contributed by atoms with van der Waals surface area (Å²) >= 11 is 0. The molecule has 0 saturated carbocycles. The molecule has 3 N–H and O–H groups in total. The molecular weight excluding hydrogens is 455 g/mol. The number of anilines is 1. The van der Waals surface area contributed by atoms with Gasteiger partial charge in [0.1, 0.15) is 12.4 Å². The van der Waals surface area contributed by atoms with Crippen molar-refractivity contribution < 1.29 is 33.4 Å². The van der Waals surface area contributed by atoms with Crippen LogP contribution < -0.4 is 15.4 Å². The summed E-state index contributed by atoms with van der Waals surface area (Å²) in [4.78, 5) is 50.6. The third-order valence-electron chi connectivity index (χ3n) is 6.37. The Kier molecular flexibility index (Phi) is 6.61. The number of fused-ring (bicyclic) bond motifs is 2. The number of halogens is 1. The summed E-state index contributed by atoms with van der Waals surface area (Å²) in [6, 6.07) is 19.5. The van der Waals surface area contributed by atoms with Gasteiger partial charge in [-0.3, -0.25) is 9.59 Å². The molecule has 1 aliphatic heterocycles.